The van der Waals surface area contributed by atoms with Crippen LogP contribution in [0.15, 0.2) is 24.3 Å². The van der Waals surface area contributed by atoms with E-state index in [1.807, 2.05) is 30.0 Å². The van der Waals surface area contributed by atoms with Crippen LogP contribution in [0.4, 0.5) is 0 Å². The monoisotopic (exact) mass is 238 g/mol. The van der Waals surface area contributed by atoms with Gasteiger partial charge in [-0.3, -0.25) is 0 Å². The van der Waals surface area contributed by atoms with E-state index in [1.165, 1.54) is 6.42 Å². The number of hydrogen-bond donors (Lipinski definition) is 2. The van der Waals surface area contributed by atoms with E-state index in [4.69, 9.17) is 10.0 Å². The minimum absolute atomic E-state index is 0.571. The molecule has 1 unspecified atom stereocenters. The number of rotatable bonds is 6. The Morgan fingerprint density at radius 2 is 2.12 bits per heavy atom. The van der Waals surface area contributed by atoms with Crippen LogP contribution in [-0.4, -0.2) is 22.9 Å². The van der Waals surface area contributed by atoms with Crippen molar-refractivity contribution in [2.75, 3.05) is 5.75 Å². The van der Waals surface area contributed by atoms with Gasteiger partial charge in [-0.05, 0) is 22.7 Å². The van der Waals surface area contributed by atoms with Crippen LogP contribution in [0.25, 0.3) is 0 Å². The van der Waals surface area contributed by atoms with Crippen LogP contribution >= 0.6 is 11.8 Å². The Hall–Kier alpha value is -0.445. The highest BCUT2D eigenvalue weighted by Crippen LogP contribution is 2.16. The topological polar surface area (TPSA) is 40.5 Å². The van der Waals surface area contributed by atoms with Gasteiger partial charge in [0.15, 0.2) is 0 Å². The molecule has 0 fully saturated rings. The smallest absolute Gasteiger partial charge is 0.423 e. The van der Waals surface area contributed by atoms with E-state index in [0.717, 1.165) is 23.0 Å². The molecule has 0 aromatic heterocycles. The Labute approximate surface area is 102 Å². The van der Waals surface area contributed by atoms with Crippen LogP contribution in [-0.2, 0) is 5.75 Å². The molecule has 0 saturated heterocycles. The zero-order valence-electron chi connectivity index (χ0n) is 9.89. The van der Waals surface area contributed by atoms with Gasteiger partial charge in [-0.2, -0.15) is 11.8 Å². The lowest BCUT2D eigenvalue weighted by molar-refractivity contribution is 0.425. The van der Waals surface area contributed by atoms with Gasteiger partial charge in [0.25, 0.3) is 0 Å². The molecule has 1 atom stereocenters. The summed E-state index contributed by atoms with van der Waals surface area (Å²) in [4.78, 5) is 0. The van der Waals surface area contributed by atoms with Gasteiger partial charge in [0.05, 0.1) is 0 Å². The van der Waals surface area contributed by atoms with Crippen molar-refractivity contribution in [2.24, 2.45) is 5.92 Å². The summed E-state index contributed by atoms with van der Waals surface area (Å²) >= 11 is 1.90. The fourth-order valence-electron chi connectivity index (χ4n) is 1.34. The molecule has 1 rings (SSSR count). The minimum Gasteiger partial charge on any atom is -0.423 e. The summed E-state index contributed by atoms with van der Waals surface area (Å²) < 4.78 is 0. The molecule has 2 nitrogen and oxygen atoms in total. The molecule has 0 aliphatic rings. The van der Waals surface area contributed by atoms with E-state index in [1.54, 1.807) is 6.07 Å². The normalized spacial score (nSPS) is 12.5. The van der Waals surface area contributed by atoms with Gasteiger partial charge >= 0.3 is 7.12 Å². The summed E-state index contributed by atoms with van der Waals surface area (Å²) in [5.74, 6) is 2.84. The maximum atomic E-state index is 9.05. The lowest BCUT2D eigenvalue weighted by Crippen LogP contribution is -2.29. The van der Waals surface area contributed by atoms with Gasteiger partial charge in [-0.25, -0.2) is 0 Å². The third-order valence-corrected chi connectivity index (χ3v) is 3.96. The van der Waals surface area contributed by atoms with Crippen LogP contribution in [0.5, 0.6) is 0 Å². The van der Waals surface area contributed by atoms with Gasteiger partial charge in [-0.15, -0.1) is 0 Å². The van der Waals surface area contributed by atoms with Crippen LogP contribution in [0, 0.1) is 5.92 Å². The lowest BCUT2D eigenvalue weighted by Gasteiger charge is -2.08. The van der Waals surface area contributed by atoms with Gasteiger partial charge in [0, 0.05) is 5.75 Å². The average Bonchev–Trinajstić information content (AvgIpc) is 2.29. The molecule has 0 saturated carbocycles. The third-order valence-electron chi connectivity index (χ3n) is 2.62. The van der Waals surface area contributed by atoms with Crippen molar-refractivity contribution in [3.63, 3.8) is 0 Å². The lowest BCUT2D eigenvalue weighted by atomic mass is 9.80. The first-order valence-electron chi connectivity index (χ1n) is 5.66. The van der Waals surface area contributed by atoms with E-state index in [0.29, 0.717) is 5.46 Å². The average molecular weight is 238 g/mol. The van der Waals surface area contributed by atoms with E-state index in [-0.39, 0.29) is 0 Å². The molecule has 0 heterocycles. The second-order valence-electron chi connectivity index (χ2n) is 4.15. The SMILES string of the molecule is CCC(C)CSCc1cccc(B(O)O)c1. The number of benzene rings is 1. The molecule has 0 radical (unpaired) electrons. The fourth-order valence-corrected chi connectivity index (χ4v) is 2.51. The van der Waals surface area contributed by atoms with Crippen molar-refractivity contribution >= 4 is 24.3 Å². The standard InChI is InChI=1S/C12H19BO2S/c1-3-10(2)8-16-9-11-5-4-6-12(7-11)13(14)15/h4-7,10,14-15H,3,8-9H2,1-2H3. The van der Waals surface area contributed by atoms with Crippen LogP contribution < -0.4 is 5.46 Å². The van der Waals surface area contributed by atoms with Gasteiger partial charge in [0.2, 0.25) is 0 Å². The molecule has 0 aliphatic heterocycles. The van der Waals surface area contributed by atoms with Gasteiger partial charge < -0.3 is 10.0 Å². The highest BCUT2D eigenvalue weighted by atomic mass is 32.2. The maximum absolute atomic E-state index is 9.05. The molecule has 1 aromatic carbocycles. The first kappa shape index (κ1) is 13.6. The highest BCUT2D eigenvalue weighted by molar-refractivity contribution is 7.98. The molecule has 0 bridgehead atoms. The van der Waals surface area contributed by atoms with E-state index >= 15 is 0 Å². The zero-order valence-corrected chi connectivity index (χ0v) is 10.7. The quantitative estimate of drug-likeness (QED) is 0.740. The van der Waals surface area contributed by atoms with Crippen molar-refractivity contribution in [3.8, 4) is 0 Å². The predicted octanol–water partition coefficient (Wildman–Crippen LogP) is 1.65. The second kappa shape index (κ2) is 6.99. The molecule has 0 aliphatic carbocycles. The third kappa shape index (κ3) is 4.60. The summed E-state index contributed by atoms with van der Waals surface area (Å²) in [7, 11) is -1.36. The van der Waals surface area contributed by atoms with E-state index in [2.05, 4.69) is 13.8 Å². The zero-order chi connectivity index (χ0) is 12.0. The highest BCUT2D eigenvalue weighted by Gasteiger charge is 2.10. The van der Waals surface area contributed by atoms with Crippen LogP contribution in [0.3, 0.4) is 0 Å². The maximum Gasteiger partial charge on any atom is 0.488 e. The Kier molecular flexibility index (Phi) is 5.95. The van der Waals surface area contributed by atoms with Crippen molar-refractivity contribution in [1.82, 2.24) is 0 Å². The molecule has 4 heteroatoms. The Morgan fingerprint density at radius 3 is 2.75 bits per heavy atom. The molecular formula is C12H19BO2S. The van der Waals surface area contributed by atoms with Crippen LogP contribution in [0.2, 0.25) is 0 Å². The molecule has 2 N–H and O–H groups in total. The summed E-state index contributed by atoms with van der Waals surface area (Å²) in [5.41, 5.74) is 1.72. The Bertz CT molecular complexity index is 318. The fraction of sp³-hybridized carbons (Fsp3) is 0.500. The summed E-state index contributed by atoms with van der Waals surface area (Å²) in [6.07, 6.45) is 1.21. The van der Waals surface area contributed by atoms with Gasteiger partial charge in [-0.1, -0.05) is 44.5 Å². The Morgan fingerprint density at radius 1 is 1.38 bits per heavy atom. The van der Waals surface area contributed by atoms with E-state index < -0.39 is 7.12 Å². The van der Waals surface area contributed by atoms with Crippen molar-refractivity contribution in [3.05, 3.63) is 29.8 Å². The largest absolute Gasteiger partial charge is 0.488 e. The molecular weight excluding hydrogens is 219 g/mol. The molecule has 1 aromatic rings. The minimum atomic E-state index is -1.36. The Balaban J connectivity index is 2.45. The second-order valence-corrected chi connectivity index (χ2v) is 5.18. The first-order valence-corrected chi connectivity index (χ1v) is 6.81. The van der Waals surface area contributed by atoms with Crippen molar-refractivity contribution in [1.29, 1.82) is 0 Å². The van der Waals surface area contributed by atoms with E-state index in [9.17, 15) is 0 Å². The van der Waals surface area contributed by atoms with Crippen molar-refractivity contribution in [2.45, 2.75) is 26.0 Å². The van der Waals surface area contributed by atoms with Gasteiger partial charge in [0.1, 0.15) is 0 Å². The molecule has 0 spiro atoms. The first-order chi connectivity index (χ1) is 7.63. The number of hydrogen-bond acceptors (Lipinski definition) is 3. The molecule has 0 amide bonds. The molecule has 88 valence electrons. The van der Waals surface area contributed by atoms with Crippen molar-refractivity contribution < 1.29 is 10.0 Å². The predicted molar refractivity (Wildman–Crippen MR) is 71.9 cm³/mol. The molecule has 16 heavy (non-hydrogen) atoms. The number of thioether (sulfide) groups is 1. The summed E-state index contributed by atoms with van der Waals surface area (Å²) in [6.45, 7) is 4.45. The summed E-state index contributed by atoms with van der Waals surface area (Å²) in [5, 5.41) is 18.1. The summed E-state index contributed by atoms with van der Waals surface area (Å²) in [6, 6.07) is 7.48. The van der Waals surface area contributed by atoms with Crippen LogP contribution in [0.1, 0.15) is 25.8 Å².